The predicted molar refractivity (Wildman–Crippen MR) is 135 cm³/mol. The second kappa shape index (κ2) is 10.1. The van der Waals surface area contributed by atoms with E-state index in [1.165, 1.54) is 4.57 Å². The van der Waals surface area contributed by atoms with Crippen LogP contribution in [0.15, 0.2) is 39.9 Å². The van der Waals surface area contributed by atoms with E-state index in [1.54, 1.807) is 18.5 Å². The fraction of sp³-hybridized carbons (Fsp3) is 0.400. The quantitative estimate of drug-likeness (QED) is 0.375. The van der Waals surface area contributed by atoms with Crippen LogP contribution in [0.25, 0.3) is 5.69 Å². The number of aryl methyl sites for hydroxylation is 1. The molecule has 3 N–H and O–H groups in total. The van der Waals surface area contributed by atoms with Crippen molar-refractivity contribution in [2.24, 2.45) is 11.8 Å². The third kappa shape index (κ3) is 5.11. The topological polar surface area (TPSA) is 136 Å². The highest BCUT2D eigenvalue weighted by atomic mass is 16.2. The Morgan fingerprint density at radius 2 is 1.69 bits per heavy atom. The van der Waals surface area contributed by atoms with Gasteiger partial charge in [0, 0.05) is 13.1 Å². The molecule has 0 aliphatic carbocycles. The van der Waals surface area contributed by atoms with Crippen LogP contribution in [-0.2, 0) is 11.3 Å². The number of nitrogen functional groups attached to an aromatic ring is 1. The number of para-hydroxylation sites is 1. The molecule has 2 aromatic heterocycles. The van der Waals surface area contributed by atoms with Crippen LogP contribution in [0.1, 0.15) is 49.4 Å². The number of rotatable bonds is 8. The van der Waals surface area contributed by atoms with Gasteiger partial charge in [-0.3, -0.25) is 28.8 Å². The first-order chi connectivity index (χ1) is 16.4. The zero-order valence-electron chi connectivity index (χ0n) is 21.0. The minimum absolute atomic E-state index is 0.0544. The Morgan fingerprint density at radius 3 is 2.26 bits per heavy atom. The van der Waals surface area contributed by atoms with Crippen molar-refractivity contribution in [3.63, 3.8) is 0 Å². The number of nitrogens with one attached hydrogen (secondary N) is 1. The molecule has 3 rings (SSSR count). The highest BCUT2D eigenvalue weighted by Crippen LogP contribution is 2.23. The van der Waals surface area contributed by atoms with Crippen LogP contribution in [0.2, 0.25) is 0 Å². The molecule has 0 unspecified atom stereocenters. The zero-order valence-corrected chi connectivity index (χ0v) is 21.0. The van der Waals surface area contributed by atoms with Gasteiger partial charge in [-0.05, 0) is 37.8 Å². The summed E-state index contributed by atoms with van der Waals surface area (Å²) in [6.07, 6.45) is 0. The normalized spacial score (nSPS) is 11.3. The number of hydrogen-bond acceptors (Lipinski definition) is 6. The Kier molecular flexibility index (Phi) is 7.42. The minimum Gasteiger partial charge on any atom is -0.383 e. The van der Waals surface area contributed by atoms with Crippen molar-refractivity contribution < 1.29 is 9.59 Å². The Bertz CT molecular complexity index is 1370. The lowest BCUT2D eigenvalue weighted by molar-refractivity contribution is -0.114. The average Bonchev–Trinajstić information content (AvgIpc) is 3.08. The molecule has 1 amide bonds. The van der Waals surface area contributed by atoms with E-state index in [4.69, 9.17) is 5.73 Å². The predicted octanol–water partition coefficient (Wildman–Crippen LogP) is 2.45. The summed E-state index contributed by atoms with van der Waals surface area (Å²) in [5.74, 6) is -1.90. The van der Waals surface area contributed by atoms with E-state index in [0.717, 1.165) is 10.6 Å². The molecule has 0 bridgehead atoms. The highest BCUT2D eigenvalue weighted by Gasteiger charge is 2.33. The third-order valence-corrected chi connectivity index (χ3v) is 5.54. The second-order valence-corrected chi connectivity index (χ2v) is 9.43. The molecule has 0 aliphatic rings. The van der Waals surface area contributed by atoms with Gasteiger partial charge in [0.2, 0.25) is 0 Å². The molecule has 3 aromatic rings. The van der Waals surface area contributed by atoms with Gasteiger partial charge in [0.25, 0.3) is 17.2 Å². The van der Waals surface area contributed by atoms with Gasteiger partial charge >= 0.3 is 5.69 Å². The number of benzene rings is 1. The maximum Gasteiger partial charge on any atom is 0.330 e. The van der Waals surface area contributed by atoms with E-state index in [1.807, 2.05) is 58.0 Å². The number of amides is 1. The van der Waals surface area contributed by atoms with Crippen molar-refractivity contribution in [1.29, 1.82) is 0 Å². The number of carbonyl (C=O) groups excluding carboxylic acids is 2. The van der Waals surface area contributed by atoms with Crippen LogP contribution in [0.5, 0.6) is 0 Å². The van der Waals surface area contributed by atoms with Crippen LogP contribution in [-0.4, -0.2) is 37.6 Å². The third-order valence-electron chi connectivity index (χ3n) is 5.54. The van der Waals surface area contributed by atoms with Crippen molar-refractivity contribution in [2.75, 3.05) is 17.2 Å². The number of Topliss-reactive ketones (excluding diaryl/α,β-unsaturated/α-hetero) is 1. The monoisotopic (exact) mass is 480 g/mol. The molecule has 0 spiro atoms. The van der Waals surface area contributed by atoms with Crippen molar-refractivity contribution in [2.45, 2.75) is 48.1 Å². The molecule has 0 fully saturated rings. The maximum atomic E-state index is 13.6. The molecule has 186 valence electrons. The van der Waals surface area contributed by atoms with E-state index in [0.29, 0.717) is 11.4 Å². The lowest BCUT2D eigenvalue weighted by Crippen LogP contribution is -2.45. The smallest absolute Gasteiger partial charge is 0.330 e. The summed E-state index contributed by atoms with van der Waals surface area (Å²) >= 11 is 0. The molecule has 0 aliphatic heterocycles. The molecule has 0 saturated carbocycles. The molecule has 2 heterocycles. The maximum absolute atomic E-state index is 13.6. The van der Waals surface area contributed by atoms with Crippen molar-refractivity contribution in [3.05, 3.63) is 68.1 Å². The van der Waals surface area contributed by atoms with Gasteiger partial charge in [-0.25, -0.2) is 9.48 Å². The first-order valence-electron chi connectivity index (χ1n) is 11.5. The number of nitrogens with zero attached hydrogens (tertiary/aromatic N) is 4. The van der Waals surface area contributed by atoms with Crippen LogP contribution in [0, 0.1) is 25.7 Å². The Labute approximate surface area is 203 Å². The van der Waals surface area contributed by atoms with E-state index in [-0.39, 0.29) is 42.0 Å². The van der Waals surface area contributed by atoms with Crippen molar-refractivity contribution >= 4 is 23.2 Å². The van der Waals surface area contributed by atoms with Crippen LogP contribution in [0.3, 0.4) is 0 Å². The standard InChI is InChI=1S/C25H32N6O4/c1-14(2)12-29(20-22(26)30(13-15(3)4)25(35)27-23(20)33)24(34)21(32)19-16(5)28-31(17(19)6)18-10-8-7-9-11-18/h7-11,14-15H,12-13,26H2,1-6H3,(H,27,33,35). The summed E-state index contributed by atoms with van der Waals surface area (Å²) in [5.41, 5.74) is 6.37. The first kappa shape index (κ1) is 25.7. The average molecular weight is 481 g/mol. The lowest BCUT2D eigenvalue weighted by Gasteiger charge is -2.25. The fourth-order valence-corrected chi connectivity index (χ4v) is 4.05. The molecular formula is C25H32N6O4. The molecule has 10 heteroatoms. The Morgan fingerprint density at radius 1 is 1.06 bits per heavy atom. The van der Waals surface area contributed by atoms with Gasteiger partial charge in [0.05, 0.1) is 22.6 Å². The molecule has 1 aromatic carbocycles. The molecule has 35 heavy (non-hydrogen) atoms. The number of nitrogens with two attached hydrogens (primary N) is 1. The number of aromatic nitrogens is 4. The van der Waals surface area contributed by atoms with Gasteiger partial charge in [0.1, 0.15) is 5.82 Å². The SMILES string of the molecule is Cc1nn(-c2ccccc2)c(C)c1C(=O)C(=O)N(CC(C)C)c1c(N)n(CC(C)C)c(=O)[nH]c1=O. The van der Waals surface area contributed by atoms with Crippen LogP contribution < -0.4 is 21.9 Å². The molecular weight excluding hydrogens is 448 g/mol. The Hall–Kier alpha value is -3.95. The number of ketones is 1. The lowest BCUT2D eigenvalue weighted by atomic mass is 10.1. The number of H-pyrrole nitrogens is 1. The van der Waals surface area contributed by atoms with E-state index in [9.17, 15) is 19.2 Å². The summed E-state index contributed by atoms with van der Waals surface area (Å²) in [4.78, 5) is 55.7. The fourth-order valence-electron chi connectivity index (χ4n) is 4.05. The first-order valence-corrected chi connectivity index (χ1v) is 11.5. The highest BCUT2D eigenvalue weighted by molar-refractivity contribution is 6.47. The molecule has 10 nitrogen and oxygen atoms in total. The summed E-state index contributed by atoms with van der Waals surface area (Å²) in [6.45, 7) is 11.2. The van der Waals surface area contributed by atoms with E-state index in [2.05, 4.69) is 10.1 Å². The van der Waals surface area contributed by atoms with Crippen LogP contribution in [0.4, 0.5) is 11.5 Å². The molecule has 0 saturated heterocycles. The van der Waals surface area contributed by atoms with Gasteiger partial charge in [-0.2, -0.15) is 5.10 Å². The van der Waals surface area contributed by atoms with Crippen LogP contribution >= 0.6 is 0 Å². The largest absolute Gasteiger partial charge is 0.383 e. The zero-order chi connectivity index (χ0) is 26.0. The van der Waals surface area contributed by atoms with Gasteiger partial charge in [0.15, 0.2) is 5.69 Å². The number of anilines is 2. The summed E-state index contributed by atoms with van der Waals surface area (Å²) in [5, 5.41) is 4.46. The molecule has 0 atom stereocenters. The van der Waals surface area contributed by atoms with Gasteiger partial charge in [-0.15, -0.1) is 0 Å². The van der Waals surface area contributed by atoms with Crippen molar-refractivity contribution in [3.8, 4) is 5.69 Å². The van der Waals surface area contributed by atoms with E-state index < -0.39 is 22.9 Å². The number of carbonyl (C=O) groups is 2. The Balaban J connectivity index is 2.12. The summed E-state index contributed by atoms with van der Waals surface area (Å²) in [6, 6.07) is 9.26. The minimum atomic E-state index is -0.913. The van der Waals surface area contributed by atoms with E-state index >= 15 is 0 Å². The summed E-state index contributed by atoms with van der Waals surface area (Å²) < 4.78 is 2.82. The second-order valence-electron chi connectivity index (χ2n) is 9.43. The number of aromatic amines is 1. The summed E-state index contributed by atoms with van der Waals surface area (Å²) in [7, 11) is 0. The number of hydrogen-bond donors (Lipinski definition) is 2. The van der Waals surface area contributed by atoms with Crippen molar-refractivity contribution in [1.82, 2.24) is 19.3 Å². The van der Waals surface area contributed by atoms with Gasteiger partial charge < -0.3 is 5.73 Å². The van der Waals surface area contributed by atoms with Gasteiger partial charge in [-0.1, -0.05) is 45.9 Å². The molecule has 0 radical (unpaired) electrons.